The van der Waals surface area contributed by atoms with E-state index in [1.54, 1.807) is 13.3 Å². The molecule has 142 valence electrons. The summed E-state index contributed by atoms with van der Waals surface area (Å²) in [4.78, 5) is 31.7. The zero-order chi connectivity index (χ0) is 19.2. The molecular formula is C22H26N2O3. The van der Waals surface area contributed by atoms with Gasteiger partial charge in [-0.15, -0.1) is 0 Å². The summed E-state index contributed by atoms with van der Waals surface area (Å²) in [5.74, 6) is 0.839. The van der Waals surface area contributed by atoms with Gasteiger partial charge in [0.05, 0.1) is 7.11 Å². The first kappa shape index (κ1) is 19.1. The smallest absolute Gasteiger partial charge is 0.222 e. The number of rotatable bonds is 6. The van der Waals surface area contributed by atoms with Crippen LogP contribution < -0.4 is 4.74 Å². The van der Waals surface area contributed by atoms with Crippen molar-refractivity contribution in [3.05, 3.63) is 59.4 Å². The fourth-order valence-corrected chi connectivity index (χ4v) is 3.62. The summed E-state index contributed by atoms with van der Waals surface area (Å²) in [6.45, 7) is 3.16. The second-order valence-corrected chi connectivity index (χ2v) is 7.05. The third-order valence-corrected chi connectivity index (χ3v) is 5.17. The molecule has 1 aliphatic rings. The van der Waals surface area contributed by atoms with Gasteiger partial charge in [0, 0.05) is 42.9 Å². The number of ketones is 1. The van der Waals surface area contributed by atoms with Crippen LogP contribution in [0.25, 0.3) is 0 Å². The van der Waals surface area contributed by atoms with Gasteiger partial charge in [-0.25, -0.2) is 0 Å². The lowest BCUT2D eigenvalue weighted by Crippen LogP contribution is -2.42. The highest BCUT2D eigenvalue weighted by atomic mass is 16.5. The number of aromatic nitrogens is 1. The monoisotopic (exact) mass is 366 g/mol. The average molecular weight is 366 g/mol. The summed E-state index contributed by atoms with van der Waals surface area (Å²) in [5, 5.41) is 0. The highest BCUT2D eigenvalue weighted by molar-refractivity contribution is 5.99. The van der Waals surface area contributed by atoms with E-state index in [-0.39, 0.29) is 17.6 Å². The molecule has 27 heavy (non-hydrogen) atoms. The first-order valence-corrected chi connectivity index (χ1v) is 9.45. The standard InChI is InChI=1S/C22H26N2O3/c1-16-14-19(27-2)9-10-20(16)22(26)17-6-5-13-24(15-17)21(25)11-8-18-7-3-4-12-23-18/h3-4,7,9-10,12,14,17H,5-6,8,11,13,15H2,1-2H3/t17-/m1/s1. The highest BCUT2D eigenvalue weighted by Gasteiger charge is 2.29. The number of likely N-dealkylation sites (tertiary alicyclic amines) is 1. The van der Waals surface area contributed by atoms with Crippen molar-refractivity contribution in [2.24, 2.45) is 5.92 Å². The van der Waals surface area contributed by atoms with Gasteiger partial charge in [0.1, 0.15) is 5.75 Å². The number of amides is 1. The van der Waals surface area contributed by atoms with Gasteiger partial charge in [-0.2, -0.15) is 0 Å². The predicted octanol–water partition coefficient (Wildman–Crippen LogP) is 3.45. The molecule has 1 saturated heterocycles. The quantitative estimate of drug-likeness (QED) is 0.735. The molecule has 0 N–H and O–H groups in total. The van der Waals surface area contributed by atoms with E-state index in [4.69, 9.17) is 4.74 Å². The van der Waals surface area contributed by atoms with Crippen LogP contribution in [0, 0.1) is 12.8 Å². The Morgan fingerprint density at radius 1 is 1.26 bits per heavy atom. The number of hydrogen-bond donors (Lipinski definition) is 0. The Balaban J connectivity index is 1.61. The number of aryl methyl sites for hydroxylation is 2. The van der Waals surface area contributed by atoms with Crippen LogP contribution in [0.15, 0.2) is 42.6 Å². The summed E-state index contributed by atoms with van der Waals surface area (Å²) in [7, 11) is 1.62. The van der Waals surface area contributed by atoms with Gasteiger partial charge in [-0.3, -0.25) is 14.6 Å². The van der Waals surface area contributed by atoms with E-state index in [9.17, 15) is 9.59 Å². The van der Waals surface area contributed by atoms with Crippen molar-refractivity contribution in [1.29, 1.82) is 0 Å². The molecule has 0 unspecified atom stereocenters. The van der Waals surface area contributed by atoms with Gasteiger partial charge in [0.2, 0.25) is 5.91 Å². The van der Waals surface area contributed by atoms with Crippen molar-refractivity contribution in [3.63, 3.8) is 0 Å². The van der Waals surface area contributed by atoms with Crippen molar-refractivity contribution >= 4 is 11.7 Å². The molecule has 0 radical (unpaired) electrons. The lowest BCUT2D eigenvalue weighted by Gasteiger charge is -2.32. The number of nitrogens with zero attached hydrogens (tertiary/aromatic N) is 2. The fraction of sp³-hybridized carbons (Fsp3) is 0.409. The van der Waals surface area contributed by atoms with Gasteiger partial charge < -0.3 is 9.64 Å². The Morgan fingerprint density at radius 2 is 2.11 bits per heavy atom. The zero-order valence-corrected chi connectivity index (χ0v) is 16.0. The molecule has 1 amide bonds. The molecule has 2 aromatic rings. The van der Waals surface area contributed by atoms with Crippen LogP contribution in [0.2, 0.25) is 0 Å². The molecule has 1 aromatic carbocycles. The Morgan fingerprint density at radius 3 is 2.81 bits per heavy atom. The number of pyridine rings is 1. The van der Waals surface area contributed by atoms with E-state index in [0.29, 0.717) is 19.4 Å². The van der Waals surface area contributed by atoms with Crippen LogP contribution >= 0.6 is 0 Å². The van der Waals surface area contributed by atoms with Crippen LogP contribution in [-0.4, -0.2) is 41.8 Å². The Kier molecular flexibility index (Phi) is 6.22. The van der Waals surface area contributed by atoms with Crippen molar-refractivity contribution in [3.8, 4) is 5.75 Å². The lowest BCUT2D eigenvalue weighted by atomic mass is 9.88. The Hall–Kier alpha value is -2.69. The van der Waals surface area contributed by atoms with Gasteiger partial charge >= 0.3 is 0 Å². The van der Waals surface area contributed by atoms with Gasteiger partial charge in [-0.05, 0) is 62.1 Å². The van der Waals surface area contributed by atoms with Gasteiger partial charge in [-0.1, -0.05) is 6.07 Å². The minimum atomic E-state index is -0.135. The van der Waals surface area contributed by atoms with Crippen molar-refractivity contribution < 1.29 is 14.3 Å². The summed E-state index contributed by atoms with van der Waals surface area (Å²) >= 11 is 0. The number of methoxy groups -OCH3 is 1. The molecule has 1 aromatic heterocycles. The van der Waals surface area contributed by atoms with E-state index in [1.807, 2.05) is 48.2 Å². The summed E-state index contributed by atoms with van der Waals surface area (Å²) < 4.78 is 5.22. The van der Waals surface area contributed by atoms with Crippen molar-refractivity contribution in [1.82, 2.24) is 9.88 Å². The van der Waals surface area contributed by atoms with Crippen LogP contribution in [0.4, 0.5) is 0 Å². The summed E-state index contributed by atoms with van der Waals surface area (Å²) in [6, 6.07) is 11.3. The zero-order valence-electron chi connectivity index (χ0n) is 16.0. The Bertz CT molecular complexity index is 804. The topological polar surface area (TPSA) is 59.5 Å². The maximum absolute atomic E-state index is 13.0. The normalized spacial score (nSPS) is 16.8. The first-order valence-electron chi connectivity index (χ1n) is 9.45. The van der Waals surface area contributed by atoms with Crippen molar-refractivity contribution in [2.75, 3.05) is 20.2 Å². The van der Waals surface area contributed by atoms with E-state index in [2.05, 4.69) is 4.98 Å². The molecule has 2 heterocycles. The molecule has 0 spiro atoms. The molecule has 1 atom stereocenters. The van der Waals surface area contributed by atoms with Gasteiger partial charge in [0.25, 0.3) is 0 Å². The SMILES string of the molecule is COc1ccc(C(=O)[C@@H]2CCCN(C(=O)CCc3ccccn3)C2)c(C)c1. The average Bonchev–Trinajstić information content (AvgIpc) is 2.72. The van der Waals surface area contributed by atoms with E-state index >= 15 is 0 Å². The second-order valence-electron chi connectivity index (χ2n) is 7.05. The maximum Gasteiger partial charge on any atom is 0.222 e. The highest BCUT2D eigenvalue weighted by Crippen LogP contribution is 2.25. The van der Waals surface area contributed by atoms with Crippen LogP contribution in [0.1, 0.15) is 40.9 Å². The molecule has 3 rings (SSSR count). The molecule has 0 aliphatic carbocycles. The number of Topliss-reactive ketones (excluding diaryl/α,β-unsaturated/α-hetero) is 1. The molecule has 0 saturated carbocycles. The minimum absolute atomic E-state index is 0.101. The van der Waals surface area contributed by atoms with E-state index in [0.717, 1.165) is 42.0 Å². The molecule has 0 bridgehead atoms. The number of piperidine rings is 1. The molecule has 5 heteroatoms. The number of hydrogen-bond acceptors (Lipinski definition) is 4. The first-order chi connectivity index (χ1) is 13.1. The third-order valence-electron chi connectivity index (χ3n) is 5.17. The van der Waals surface area contributed by atoms with Crippen LogP contribution in [0.3, 0.4) is 0 Å². The van der Waals surface area contributed by atoms with Crippen molar-refractivity contribution in [2.45, 2.75) is 32.6 Å². The number of benzene rings is 1. The predicted molar refractivity (Wildman–Crippen MR) is 104 cm³/mol. The largest absolute Gasteiger partial charge is 0.497 e. The molecule has 1 fully saturated rings. The van der Waals surface area contributed by atoms with E-state index in [1.165, 1.54) is 0 Å². The molecular weight excluding hydrogens is 340 g/mol. The maximum atomic E-state index is 13.0. The number of carbonyl (C=O) groups is 2. The van der Waals surface area contributed by atoms with Crippen LogP contribution in [0.5, 0.6) is 5.75 Å². The molecule has 5 nitrogen and oxygen atoms in total. The number of carbonyl (C=O) groups excluding carboxylic acids is 2. The van der Waals surface area contributed by atoms with Crippen LogP contribution in [-0.2, 0) is 11.2 Å². The fourth-order valence-electron chi connectivity index (χ4n) is 3.62. The summed E-state index contributed by atoms with van der Waals surface area (Å²) in [5.41, 5.74) is 2.56. The van der Waals surface area contributed by atoms with E-state index < -0.39 is 0 Å². The minimum Gasteiger partial charge on any atom is -0.497 e. The summed E-state index contributed by atoms with van der Waals surface area (Å²) in [6.07, 6.45) is 4.49. The third kappa shape index (κ3) is 4.73. The lowest BCUT2D eigenvalue weighted by molar-refractivity contribution is -0.132. The second kappa shape index (κ2) is 8.80. The molecule has 1 aliphatic heterocycles. The Labute approximate surface area is 160 Å². The van der Waals surface area contributed by atoms with Gasteiger partial charge in [0.15, 0.2) is 5.78 Å². The number of ether oxygens (including phenoxy) is 1.